The predicted octanol–water partition coefficient (Wildman–Crippen LogP) is 2.19. The summed E-state index contributed by atoms with van der Waals surface area (Å²) in [5.74, 6) is 1.45. The van der Waals surface area contributed by atoms with Crippen molar-refractivity contribution in [3.8, 4) is 17.1 Å². The topological polar surface area (TPSA) is 126 Å². The van der Waals surface area contributed by atoms with Crippen molar-refractivity contribution >= 4 is 17.0 Å². The van der Waals surface area contributed by atoms with Gasteiger partial charge in [0, 0.05) is 63.2 Å². The summed E-state index contributed by atoms with van der Waals surface area (Å²) in [5, 5.41) is 13.2. The molecular weight excluding hydrogens is 528 g/mol. The van der Waals surface area contributed by atoms with Gasteiger partial charge in [0.1, 0.15) is 30.3 Å². The van der Waals surface area contributed by atoms with Crippen molar-refractivity contribution in [2.45, 2.75) is 57.9 Å². The molecule has 2 fully saturated rings. The lowest BCUT2D eigenvalue weighted by Gasteiger charge is -2.23. The molecule has 2 N–H and O–H groups in total. The number of hydrogen-bond acceptors (Lipinski definition) is 9. The Balaban J connectivity index is 1.30. The van der Waals surface area contributed by atoms with E-state index >= 15 is 0 Å². The first-order chi connectivity index (χ1) is 19.8. The van der Waals surface area contributed by atoms with Crippen molar-refractivity contribution in [2.75, 3.05) is 39.6 Å². The number of aliphatic hydroxyl groups is 1. The van der Waals surface area contributed by atoms with Crippen molar-refractivity contribution < 1.29 is 28.8 Å². The van der Waals surface area contributed by atoms with Crippen LogP contribution in [0, 0.1) is 12.8 Å². The van der Waals surface area contributed by atoms with Crippen LogP contribution in [0.2, 0.25) is 0 Å². The Morgan fingerprint density at radius 1 is 1.20 bits per heavy atom. The molecule has 0 radical (unpaired) electrons. The molecule has 0 spiro atoms. The highest BCUT2D eigenvalue weighted by Crippen LogP contribution is 2.30. The quantitative estimate of drug-likeness (QED) is 0.264. The summed E-state index contributed by atoms with van der Waals surface area (Å²) in [7, 11) is 1.76. The Kier molecular flexibility index (Phi) is 9.39. The molecule has 1 unspecified atom stereocenters. The molecule has 0 saturated carbocycles. The summed E-state index contributed by atoms with van der Waals surface area (Å²) in [5.41, 5.74) is 3.33. The zero-order valence-electron chi connectivity index (χ0n) is 24.0. The van der Waals surface area contributed by atoms with E-state index in [4.69, 9.17) is 23.9 Å². The molecule has 0 amide bonds. The number of aryl methyl sites for hydroxylation is 2. The molecule has 11 heteroatoms. The number of nitrogens with one attached hydrogen (secondary N) is 1. The van der Waals surface area contributed by atoms with E-state index < -0.39 is 18.1 Å². The molecule has 2 aromatic heterocycles. The number of benzene rings is 1. The minimum absolute atomic E-state index is 0.0243. The highest BCUT2D eigenvalue weighted by molar-refractivity contribution is 5.82. The molecule has 5 rings (SSSR count). The fraction of sp³-hybridized carbons (Fsp3) is 0.567. The van der Waals surface area contributed by atoms with E-state index in [0.717, 1.165) is 55.0 Å². The maximum absolute atomic E-state index is 12.5. The first-order valence-corrected chi connectivity index (χ1v) is 14.4. The lowest BCUT2D eigenvalue weighted by molar-refractivity contribution is -0.154. The fourth-order valence-corrected chi connectivity index (χ4v) is 5.47. The average molecular weight is 569 g/mol. The average Bonchev–Trinajstić information content (AvgIpc) is 3.59. The summed E-state index contributed by atoms with van der Waals surface area (Å²) in [4.78, 5) is 29.9. The number of rotatable bonds is 11. The molecule has 2 aliphatic heterocycles. The molecule has 1 aromatic carbocycles. The van der Waals surface area contributed by atoms with E-state index in [9.17, 15) is 14.7 Å². The SMILES string of the molecule is Cc1cc(-c2nc3cc(OCCN[C@H](C(=O)OC4CCOC4)[C@H](C)O)ccc3n2CC2CCOCC2)cn(C)c1=O. The number of aliphatic hydroxyl groups excluding tert-OH is 1. The summed E-state index contributed by atoms with van der Waals surface area (Å²) in [6.45, 7) is 7.29. The highest BCUT2D eigenvalue weighted by Gasteiger charge is 2.29. The van der Waals surface area contributed by atoms with Crippen molar-refractivity contribution in [2.24, 2.45) is 13.0 Å². The van der Waals surface area contributed by atoms with E-state index in [-0.39, 0.29) is 18.3 Å². The number of pyridine rings is 1. The molecule has 0 aliphatic carbocycles. The molecule has 11 nitrogen and oxygen atoms in total. The van der Waals surface area contributed by atoms with Crippen molar-refractivity contribution in [3.63, 3.8) is 0 Å². The van der Waals surface area contributed by atoms with Crippen LogP contribution in [0.3, 0.4) is 0 Å². The Morgan fingerprint density at radius 2 is 1.98 bits per heavy atom. The third-order valence-electron chi connectivity index (χ3n) is 7.76. The van der Waals surface area contributed by atoms with Crippen LogP contribution in [0.5, 0.6) is 5.75 Å². The number of imidazole rings is 1. The maximum atomic E-state index is 12.5. The summed E-state index contributed by atoms with van der Waals surface area (Å²) in [6.07, 6.45) is 3.31. The Morgan fingerprint density at radius 3 is 2.68 bits per heavy atom. The smallest absolute Gasteiger partial charge is 0.326 e. The van der Waals surface area contributed by atoms with Gasteiger partial charge in [0.05, 0.1) is 30.4 Å². The van der Waals surface area contributed by atoms with Gasteiger partial charge >= 0.3 is 5.97 Å². The Labute approximate surface area is 239 Å². The number of carbonyl (C=O) groups is 1. The summed E-state index contributed by atoms with van der Waals surface area (Å²) >= 11 is 0. The van der Waals surface area contributed by atoms with E-state index in [2.05, 4.69) is 9.88 Å². The second-order valence-corrected chi connectivity index (χ2v) is 11.0. The zero-order valence-corrected chi connectivity index (χ0v) is 24.0. The second-order valence-electron chi connectivity index (χ2n) is 11.0. The number of esters is 1. The third-order valence-corrected chi connectivity index (χ3v) is 7.76. The Bertz CT molecular complexity index is 1380. The first kappa shape index (κ1) is 29.2. The van der Waals surface area contributed by atoms with Crippen molar-refractivity contribution in [1.82, 2.24) is 19.4 Å². The van der Waals surface area contributed by atoms with Crippen molar-refractivity contribution in [3.05, 3.63) is 46.4 Å². The van der Waals surface area contributed by atoms with Crippen LogP contribution in [-0.4, -0.2) is 83.0 Å². The minimum atomic E-state index is -0.916. The van der Waals surface area contributed by atoms with Gasteiger partial charge in [-0.05, 0) is 50.8 Å². The summed E-state index contributed by atoms with van der Waals surface area (Å²) in [6, 6.07) is 6.89. The van der Waals surface area contributed by atoms with Gasteiger partial charge in [-0.3, -0.25) is 14.9 Å². The van der Waals surface area contributed by atoms with Gasteiger partial charge in [-0.25, -0.2) is 4.98 Å². The standard InChI is InChI=1S/C30H40N4O7/c1-19-14-22(17-33(3)29(19)36)28-32-25-15-23(4-5-26(25)34(28)16-21-6-10-38-11-7-21)40-13-9-31-27(20(2)35)30(37)41-24-8-12-39-18-24/h4-5,14-15,17,20-21,24,27,31,35H,6-13,16,18H2,1-3H3/t20-,24?,27-/m0/s1. The van der Waals surface area contributed by atoms with E-state index in [0.29, 0.717) is 43.4 Å². The number of carbonyl (C=O) groups excluding carboxylic acids is 1. The van der Waals surface area contributed by atoms with Gasteiger partial charge in [0.25, 0.3) is 5.56 Å². The normalized spacial score (nSPS) is 19.4. The Hall–Kier alpha value is -3.25. The molecule has 4 heterocycles. The first-order valence-electron chi connectivity index (χ1n) is 14.4. The van der Waals surface area contributed by atoms with Crippen LogP contribution in [0.25, 0.3) is 22.4 Å². The molecule has 2 saturated heterocycles. The van der Waals surface area contributed by atoms with Crippen LogP contribution < -0.4 is 15.6 Å². The van der Waals surface area contributed by atoms with E-state index in [1.165, 1.54) is 0 Å². The van der Waals surface area contributed by atoms with E-state index in [1.54, 1.807) is 18.5 Å². The van der Waals surface area contributed by atoms with Crippen LogP contribution in [0.15, 0.2) is 35.3 Å². The monoisotopic (exact) mass is 568 g/mol. The van der Waals surface area contributed by atoms with Crippen LogP contribution in [0.4, 0.5) is 0 Å². The number of aromatic nitrogens is 3. The number of fused-ring (bicyclic) bond motifs is 1. The van der Waals surface area contributed by atoms with Crippen LogP contribution in [0.1, 0.15) is 31.7 Å². The van der Waals surface area contributed by atoms with Gasteiger partial charge in [0.15, 0.2) is 0 Å². The van der Waals surface area contributed by atoms with Crippen molar-refractivity contribution in [1.29, 1.82) is 0 Å². The third kappa shape index (κ3) is 6.98. The molecule has 3 atom stereocenters. The van der Waals surface area contributed by atoms with Crippen LogP contribution >= 0.6 is 0 Å². The highest BCUT2D eigenvalue weighted by atomic mass is 16.6. The predicted molar refractivity (Wildman–Crippen MR) is 153 cm³/mol. The number of hydrogen-bond donors (Lipinski definition) is 2. The molecular formula is C30H40N4O7. The molecule has 2 aliphatic rings. The minimum Gasteiger partial charge on any atom is -0.492 e. The van der Waals surface area contributed by atoms with Gasteiger partial charge in [-0.2, -0.15) is 0 Å². The van der Waals surface area contributed by atoms with E-state index in [1.807, 2.05) is 37.4 Å². The second kappa shape index (κ2) is 13.2. The summed E-state index contributed by atoms with van der Waals surface area (Å²) < 4.78 is 26.1. The lowest BCUT2D eigenvalue weighted by atomic mass is 10.00. The number of ether oxygens (including phenoxy) is 4. The van der Waals surface area contributed by atoms with Crippen LogP contribution in [-0.2, 0) is 32.6 Å². The molecule has 222 valence electrons. The molecule has 41 heavy (non-hydrogen) atoms. The molecule has 0 bridgehead atoms. The number of nitrogens with zero attached hydrogens (tertiary/aromatic N) is 3. The fourth-order valence-electron chi connectivity index (χ4n) is 5.47. The molecule has 3 aromatic rings. The van der Waals surface area contributed by atoms with Gasteiger partial charge in [0.2, 0.25) is 0 Å². The maximum Gasteiger partial charge on any atom is 0.326 e. The van der Waals surface area contributed by atoms with Gasteiger partial charge in [-0.15, -0.1) is 0 Å². The van der Waals surface area contributed by atoms with Gasteiger partial charge in [-0.1, -0.05) is 0 Å². The lowest BCUT2D eigenvalue weighted by Crippen LogP contribution is -2.48. The largest absolute Gasteiger partial charge is 0.492 e. The zero-order chi connectivity index (χ0) is 28.9. The van der Waals surface area contributed by atoms with Gasteiger partial charge < -0.3 is 33.2 Å².